The van der Waals surface area contributed by atoms with E-state index in [-0.39, 0.29) is 29.6 Å². The molecule has 8 aromatic carbocycles. The van der Waals surface area contributed by atoms with E-state index in [2.05, 4.69) is 162 Å². The first-order valence-corrected chi connectivity index (χ1v) is 16.5. The fourth-order valence-corrected chi connectivity index (χ4v) is 6.46. The van der Waals surface area contributed by atoms with Crippen molar-refractivity contribution >= 4 is 21.8 Å². The van der Waals surface area contributed by atoms with Crippen LogP contribution in [-0.2, 0) is 0 Å². The molecule has 2 heteroatoms. The summed E-state index contributed by atoms with van der Waals surface area (Å²) in [5.74, 6) is 0. The van der Waals surface area contributed by atoms with Gasteiger partial charge in [0.2, 0.25) is 0 Å². The second kappa shape index (κ2) is 15.4. The Labute approximate surface area is 316 Å². The van der Waals surface area contributed by atoms with Crippen LogP contribution in [0.5, 0.6) is 0 Å². The Balaban J connectivity index is 0.000000255. The number of hydrogen-bond acceptors (Lipinski definition) is 0. The van der Waals surface area contributed by atoms with Crippen molar-refractivity contribution < 1.29 is 29.6 Å². The zero-order valence-corrected chi connectivity index (χ0v) is 29.9. The number of para-hydroxylation sites is 1. The second-order valence-corrected chi connectivity index (χ2v) is 11.9. The van der Waals surface area contributed by atoms with Gasteiger partial charge in [-0.25, -0.2) is 11.1 Å². The molecule has 0 atom stereocenters. The molecule has 9 rings (SSSR count). The molecule has 0 bridgehead atoms. The standard InChI is InChI=1S/C36H23N.C12H9.Na/c1-3-11-26(12-4-1)28-15-9-16-29(23-28)31-21-22-36-34(25-31)33-19-7-8-20-35(33)37(36)32-18-10-17-30(24-32)27-13-5-2-6-14-27;1-3-7-11(8-4-1)12-9-5-2-6-10-12;/h1-11,13-14,16-25H;1,3-10H;/q-2;-1;+1. The van der Waals surface area contributed by atoms with Crippen LogP contribution < -0.4 is 29.6 Å². The van der Waals surface area contributed by atoms with Crippen LogP contribution in [0, 0.1) is 18.2 Å². The summed E-state index contributed by atoms with van der Waals surface area (Å²) in [5, 5.41) is 2.50. The fourth-order valence-electron chi connectivity index (χ4n) is 6.46. The van der Waals surface area contributed by atoms with E-state index in [9.17, 15) is 0 Å². The molecule has 0 unspecified atom stereocenters. The van der Waals surface area contributed by atoms with Crippen molar-refractivity contribution in [2.75, 3.05) is 0 Å². The molecular formula is C48H32NNa-2. The Bertz CT molecular complexity index is 2430. The Morgan fingerprint density at radius 1 is 0.340 bits per heavy atom. The number of aromatic nitrogens is 1. The van der Waals surface area contributed by atoms with Gasteiger partial charge in [-0.05, 0) is 52.6 Å². The van der Waals surface area contributed by atoms with Crippen LogP contribution in [0.15, 0.2) is 194 Å². The normalized spacial score (nSPS) is 10.6. The molecule has 50 heavy (non-hydrogen) atoms. The number of benzene rings is 8. The Morgan fingerprint density at radius 3 is 1.68 bits per heavy atom. The monoisotopic (exact) mass is 645 g/mol. The van der Waals surface area contributed by atoms with Crippen molar-refractivity contribution in [3.8, 4) is 50.2 Å². The van der Waals surface area contributed by atoms with E-state index in [0.717, 1.165) is 16.8 Å². The van der Waals surface area contributed by atoms with Gasteiger partial charge in [0.25, 0.3) is 0 Å². The third kappa shape index (κ3) is 6.99. The zero-order chi connectivity index (χ0) is 32.8. The molecule has 1 heterocycles. The summed E-state index contributed by atoms with van der Waals surface area (Å²) in [7, 11) is 0. The Kier molecular flexibility index (Phi) is 10.2. The van der Waals surface area contributed by atoms with Crippen molar-refractivity contribution in [2.45, 2.75) is 0 Å². The average Bonchev–Trinajstić information content (AvgIpc) is 3.53. The second-order valence-electron chi connectivity index (χ2n) is 11.9. The van der Waals surface area contributed by atoms with E-state index >= 15 is 0 Å². The van der Waals surface area contributed by atoms with Crippen LogP contribution in [0.25, 0.3) is 72.0 Å². The van der Waals surface area contributed by atoms with E-state index in [1.54, 1.807) is 0 Å². The van der Waals surface area contributed by atoms with Gasteiger partial charge in [0.15, 0.2) is 0 Å². The molecule has 0 fully saturated rings. The van der Waals surface area contributed by atoms with Gasteiger partial charge in [0.1, 0.15) is 0 Å². The third-order valence-electron chi connectivity index (χ3n) is 8.84. The van der Waals surface area contributed by atoms with Crippen LogP contribution >= 0.6 is 0 Å². The van der Waals surface area contributed by atoms with Crippen molar-refractivity contribution in [3.05, 3.63) is 212 Å². The molecule has 0 saturated heterocycles. The van der Waals surface area contributed by atoms with E-state index in [1.807, 2.05) is 54.6 Å². The van der Waals surface area contributed by atoms with Gasteiger partial charge >= 0.3 is 29.6 Å². The van der Waals surface area contributed by atoms with Crippen LogP contribution in [-0.4, -0.2) is 4.57 Å². The van der Waals surface area contributed by atoms with Crippen LogP contribution in [0.4, 0.5) is 0 Å². The molecular weight excluding hydrogens is 614 g/mol. The van der Waals surface area contributed by atoms with Gasteiger partial charge in [-0.3, -0.25) is 0 Å². The average molecular weight is 646 g/mol. The van der Waals surface area contributed by atoms with Gasteiger partial charge in [-0.2, -0.15) is 72.8 Å². The smallest absolute Gasteiger partial charge is 0.309 e. The van der Waals surface area contributed by atoms with E-state index in [0.29, 0.717) is 0 Å². The molecule has 1 aromatic heterocycles. The molecule has 0 aliphatic heterocycles. The molecule has 232 valence electrons. The Hall–Kier alpha value is -5.44. The topological polar surface area (TPSA) is 4.93 Å². The van der Waals surface area contributed by atoms with Crippen LogP contribution in [0.2, 0.25) is 0 Å². The van der Waals surface area contributed by atoms with Gasteiger partial charge < -0.3 is 4.57 Å². The molecule has 0 saturated carbocycles. The van der Waals surface area contributed by atoms with Crippen molar-refractivity contribution in [2.24, 2.45) is 0 Å². The molecule has 0 amide bonds. The summed E-state index contributed by atoms with van der Waals surface area (Å²) >= 11 is 0. The van der Waals surface area contributed by atoms with Crippen molar-refractivity contribution in [1.29, 1.82) is 0 Å². The zero-order valence-electron chi connectivity index (χ0n) is 27.9. The molecule has 9 aromatic rings. The largest absolute Gasteiger partial charge is 1.00 e. The van der Waals surface area contributed by atoms with Gasteiger partial charge in [0, 0.05) is 16.5 Å². The van der Waals surface area contributed by atoms with Crippen molar-refractivity contribution in [3.63, 3.8) is 0 Å². The van der Waals surface area contributed by atoms with E-state index < -0.39 is 0 Å². The minimum Gasteiger partial charge on any atom is -0.309 e. The van der Waals surface area contributed by atoms with Gasteiger partial charge in [-0.15, -0.1) is 23.3 Å². The molecule has 0 aliphatic carbocycles. The number of hydrogen-bond donors (Lipinski definition) is 0. The van der Waals surface area contributed by atoms with E-state index in [1.165, 1.54) is 55.2 Å². The number of rotatable bonds is 5. The molecule has 0 spiro atoms. The quantitative estimate of drug-likeness (QED) is 0.130. The van der Waals surface area contributed by atoms with Crippen molar-refractivity contribution in [1.82, 2.24) is 4.57 Å². The maximum atomic E-state index is 3.37. The van der Waals surface area contributed by atoms with Gasteiger partial charge in [-0.1, -0.05) is 97.1 Å². The van der Waals surface area contributed by atoms with Crippen LogP contribution in [0.3, 0.4) is 0 Å². The predicted octanol–water partition coefficient (Wildman–Crippen LogP) is 9.54. The minimum atomic E-state index is 0. The number of nitrogens with zero attached hydrogens (tertiary/aromatic N) is 1. The van der Waals surface area contributed by atoms with Crippen LogP contribution in [0.1, 0.15) is 0 Å². The maximum Gasteiger partial charge on any atom is 1.00 e. The first-order chi connectivity index (χ1) is 24.3. The summed E-state index contributed by atoms with van der Waals surface area (Å²) < 4.78 is 2.38. The van der Waals surface area contributed by atoms with E-state index in [4.69, 9.17) is 0 Å². The molecule has 0 radical (unpaired) electrons. The minimum absolute atomic E-state index is 0. The number of fused-ring (bicyclic) bond motifs is 3. The predicted molar refractivity (Wildman–Crippen MR) is 205 cm³/mol. The first-order valence-electron chi connectivity index (χ1n) is 16.5. The SMILES string of the molecule is [Na+].[c-]1ccc(-c2ccccc2)cc1.[c-]1ccccc1-c1[c-]ccc(-c2ccc3c(c2)c2ccccc2n3-c2cccc(-c3ccccc3)c2)c1. The maximum absolute atomic E-state index is 3.37. The molecule has 0 N–H and O–H groups in total. The Morgan fingerprint density at radius 2 is 0.920 bits per heavy atom. The third-order valence-corrected chi connectivity index (χ3v) is 8.84. The van der Waals surface area contributed by atoms with Gasteiger partial charge in [0.05, 0.1) is 11.0 Å². The summed E-state index contributed by atoms with van der Waals surface area (Å²) in [4.78, 5) is 0. The summed E-state index contributed by atoms with van der Waals surface area (Å²) in [6.07, 6.45) is 0. The summed E-state index contributed by atoms with van der Waals surface area (Å²) in [5.41, 5.74) is 13.0. The summed E-state index contributed by atoms with van der Waals surface area (Å²) in [6, 6.07) is 77.3. The summed E-state index contributed by atoms with van der Waals surface area (Å²) in [6.45, 7) is 0. The fraction of sp³-hybridized carbons (Fsp3) is 0. The molecule has 1 nitrogen and oxygen atoms in total. The first kappa shape index (κ1) is 33.1. The molecule has 0 aliphatic rings.